The Morgan fingerprint density at radius 1 is 1.20 bits per heavy atom. The molecule has 0 bridgehead atoms. The van der Waals surface area contributed by atoms with Crippen molar-refractivity contribution in [1.29, 1.82) is 0 Å². The molecule has 0 radical (unpaired) electrons. The van der Waals surface area contributed by atoms with Gasteiger partial charge in [-0.25, -0.2) is 13.1 Å². The summed E-state index contributed by atoms with van der Waals surface area (Å²) in [5, 5.41) is 0. The molecule has 0 saturated heterocycles. The average molecular weight is 299 g/mol. The number of nitrogen functional groups attached to an aromatic ring is 1. The molecule has 0 atom stereocenters. The predicted molar refractivity (Wildman–Crippen MR) is 83.4 cm³/mol. The van der Waals surface area contributed by atoms with Gasteiger partial charge in [-0.15, -0.1) is 0 Å². The second-order valence-corrected chi connectivity index (χ2v) is 7.14. The predicted octanol–water partition coefficient (Wildman–Crippen LogP) is 1.42. The summed E-state index contributed by atoms with van der Waals surface area (Å²) in [5.41, 5.74) is 8.76. The van der Waals surface area contributed by atoms with Crippen LogP contribution in [-0.2, 0) is 10.0 Å². The van der Waals surface area contributed by atoms with Crippen LogP contribution in [0.5, 0.6) is 0 Å². The van der Waals surface area contributed by atoms with Gasteiger partial charge >= 0.3 is 0 Å². The van der Waals surface area contributed by atoms with Crippen molar-refractivity contribution in [1.82, 2.24) is 9.62 Å². The lowest BCUT2D eigenvalue weighted by molar-refractivity contribution is 0.400. The Balaban J connectivity index is 2.96. The van der Waals surface area contributed by atoms with Gasteiger partial charge in [-0.3, -0.25) is 0 Å². The fourth-order valence-electron chi connectivity index (χ4n) is 2.27. The van der Waals surface area contributed by atoms with Crippen LogP contribution in [0.15, 0.2) is 11.0 Å². The Morgan fingerprint density at radius 2 is 1.80 bits per heavy atom. The topological polar surface area (TPSA) is 75.4 Å². The Labute approximate surface area is 122 Å². The van der Waals surface area contributed by atoms with E-state index in [1.165, 1.54) is 0 Å². The highest BCUT2D eigenvalue weighted by molar-refractivity contribution is 7.89. The fourth-order valence-corrected chi connectivity index (χ4v) is 3.82. The molecule has 1 aromatic rings. The zero-order chi connectivity index (χ0) is 15.5. The lowest BCUT2D eigenvalue weighted by Crippen LogP contribution is -2.28. The SMILES string of the molecule is Cc1cc(C)c(S(=O)(=O)NCCCN(C)C)c(C)c1N. The van der Waals surface area contributed by atoms with Crippen LogP contribution < -0.4 is 10.5 Å². The maximum atomic E-state index is 12.4. The van der Waals surface area contributed by atoms with Crippen LogP contribution >= 0.6 is 0 Å². The Kier molecular flexibility index (Phi) is 5.56. The number of benzene rings is 1. The van der Waals surface area contributed by atoms with E-state index in [0.29, 0.717) is 22.7 Å². The third kappa shape index (κ3) is 3.94. The molecule has 3 N–H and O–H groups in total. The van der Waals surface area contributed by atoms with Gasteiger partial charge in [0.2, 0.25) is 10.0 Å². The van der Waals surface area contributed by atoms with Gasteiger partial charge in [-0.2, -0.15) is 0 Å². The van der Waals surface area contributed by atoms with E-state index in [-0.39, 0.29) is 0 Å². The summed E-state index contributed by atoms with van der Waals surface area (Å²) < 4.78 is 27.5. The minimum atomic E-state index is -3.51. The third-order valence-corrected chi connectivity index (χ3v) is 5.05. The minimum absolute atomic E-state index is 0.311. The van der Waals surface area contributed by atoms with Crippen molar-refractivity contribution in [2.45, 2.75) is 32.1 Å². The van der Waals surface area contributed by atoms with E-state index in [2.05, 4.69) is 4.72 Å². The molecule has 6 heteroatoms. The van der Waals surface area contributed by atoms with Crippen LogP contribution in [-0.4, -0.2) is 40.5 Å². The van der Waals surface area contributed by atoms with Gasteiger partial charge in [0.25, 0.3) is 0 Å². The highest BCUT2D eigenvalue weighted by atomic mass is 32.2. The molecule has 0 aliphatic carbocycles. The Bertz CT molecular complexity index is 581. The number of aryl methyl sites for hydroxylation is 2. The highest BCUT2D eigenvalue weighted by Gasteiger charge is 2.21. The molecule has 20 heavy (non-hydrogen) atoms. The van der Waals surface area contributed by atoms with Crippen LogP contribution in [0.3, 0.4) is 0 Å². The number of hydrogen-bond acceptors (Lipinski definition) is 4. The number of nitrogens with zero attached hydrogens (tertiary/aromatic N) is 1. The van der Waals surface area contributed by atoms with Gasteiger partial charge in [0.05, 0.1) is 4.90 Å². The first-order chi connectivity index (χ1) is 9.16. The normalized spacial score (nSPS) is 12.1. The van der Waals surface area contributed by atoms with Crippen molar-refractivity contribution in [2.24, 2.45) is 0 Å². The van der Waals surface area contributed by atoms with E-state index in [9.17, 15) is 8.42 Å². The fraction of sp³-hybridized carbons (Fsp3) is 0.571. The van der Waals surface area contributed by atoms with E-state index in [1.807, 2.05) is 32.0 Å². The zero-order valence-corrected chi connectivity index (χ0v) is 13.8. The van der Waals surface area contributed by atoms with Crippen LogP contribution in [0.4, 0.5) is 5.69 Å². The quantitative estimate of drug-likeness (QED) is 0.615. The summed E-state index contributed by atoms with van der Waals surface area (Å²) in [6.45, 7) is 6.71. The molecule has 1 rings (SSSR count). The second-order valence-electron chi connectivity index (χ2n) is 5.43. The number of sulfonamides is 1. The van der Waals surface area contributed by atoms with Crippen LogP contribution in [0.25, 0.3) is 0 Å². The average Bonchev–Trinajstić information content (AvgIpc) is 2.31. The molecular formula is C14H25N3O2S. The molecule has 1 aromatic carbocycles. The smallest absolute Gasteiger partial charge is 0.241 e. The first-order valence-electron chi connectivity index (χ1n) is 6.67. The maximum Gasteiger partial charge on any atom is 0.241 e. The lowest BCUT2D eigenvalue weighted by atomic mass is 10.1. The number of rotatable bonds is 6. The standard InChI is InChI=1S/C14H25N3O2S/c1-10-9-11(2)14(12(3)13(10)15)20(18,19)16-7-6-8-17(4)5/h9,16H,6-8,15H2,1-5H3. The molecule has 0 heterocycles. The van der Waals surface area contributed by atoms with Crippen LogP contribution in [0.2, 0.25) is 0 Å². The number of hydrogen-bond donors (Lipinski definition) is 2. The van der Waals surface area contributed by atoms with E-state index in [0.717, 1.165) is 24.1 Å². The summed E-state index contributed by atoms with van der Waals surface area (Å²) in [4.78, 5) is 2.33. The first kappa shape index (κ1) is 16.9. The summed E-state index contributed by atoms with van der Waals surface area (Å²) in [5.74, 6) is 0. The molecule has 0 saturated carbocycles. The van der Waals surface area contributed by atoms with Crippen molar-refractivity contribution in [3.8, 4) is 0 Å². The number of anilines is 1. The van der Waals surface area contributed by atoms with Gasteiger partial charge in [-0.1, -0.05) is 6.07 Å². The minimum Gasteiger partial charge on any atom is -0.398 e. The molecule has 0 unspecified atom stereocenters. The zero-order valence-electron chi connectivity index (χ0n) is 12.9. The molecule has 114 valence electrons. The van der Waals surface area contributed by atoms with Crippen LogP contribution in [0, 0.1) is 20.8 Å². The molecule has 0 fully saturated rings. The van der Waals surface area contributed by atoms with Crippen molar-refractivity contribution in [3.63, 3.8) is 0 Å². The highest BCUT2D eigenvalue weighted by Crippen LogP contribution is 2.27. The van der Waals surface area contributed by atoms with Crippen molar-refractivity contribution in [2.75, 3.05) is 32.9 Å². The monoisotopic (exact) mass is 299 g/mol. The van der Waals surface area contributed by atoms with Crippen LogP contribution in [0.1, 0.15) is 23.1 Å². The number of nitrogens with two attached hydrogens (primary N) is 1. The molecule has 0 spiro atoms. The van der Waals surface area contributed by atoms with E-state index < -0.39 is 10.0 Å². The van der Waals surface area contributed by atoms with Gasteiger partial charge in [0.15, 0.2) is 0 Å². The van der Waals surface area contributed by atoms with Crippen molar-refractivity contribution < 1.29 is 8.42 Å². The summed E-state index contributed by atoms with van der Waals surface area (Å²) >= 11 is 0. The number of nitrogens with one attached hydrogen (secondary N) is 1. The van der Waals surface area contributed by atoms with Crippen molar-refractivity contribution in [3.05, 3.63) is 22.8 Å². The summed E-state index contributed by atoms with van der Waals surface area (Å²) in [7, 11) is 0.416. The Hall–Kier alpha value is -1.11. The van der Waals surface area contributed by atoms with Gasteiger partial charge < -0.3 is 10.6 Å². The first-order valence-corrected chi connectivity index (χ1v) is 8.15. The molecular weight excluding hydrogens is 274 g/mol. The van der Waals surface area contributed by atoms with Gasteiger partial charge in [0.1, 0.15) is 0 Å². The summed E-state index contributed by atoms with van der Waals surface area (Å²) in [6.07, 6.45) is 0.770. The lowest BCUT2D eigenvalue weighted by Gasteiger charge is -2.16. The third-order valence-electron chi connectivity index (χ3n) is 3.30. The van der Waals surface area contributed by atoms with Gasteiger partial charge in [0, 0.05) is 12.2 Å². The molecule has 0 aliphatic rings. The molecule has 5 nitrogen and oxygen atoms in total. The largest absolute Gasteiger partial charge is 0.398 e. The maximum absolute atomic E-state index is 12.4. The van der Waals surface area contributed by atoms with Crippen molar-refractivity contribution >= 4 is 15.7 Å². The van der Waals surface area contributed by atoms with Gasteiger partial charge in [-0.05, 0) is 64.5 Å². The Morgan fingerprint density at radius 3 is 2.35 bits per heavy atom. The molecule has 0 aromatic heterocycles. The second kappa shape index (κ2) is 6.56. The van der Waals surface area contributed by atoms with E-state index in [1.54, 1.807) is 13.8 Å². The summed E-state index contributed by atoms with van der Waals surface area (Å²) in [6, 6.07) is 1.82. The van der Waals surface area contributed by atoms with E-state index >= 15 is 0 Å². The molecule has 0 amide bonds. The van der Waals surface area contributed by atoms with E-state index in [4.69, 9.17) is 5.73 Å². The molecule has 0 aliphatic heterocycles.